The van der Waals surface area contributed by atoms with E-state index in [4.69, 9.17) is 0 Å². The van der Waals surface area contributed by atoms with Gasteiger partial charge in [-0.15, -0.1) is 0 Å². The molecule has 2 aromatic rings. The van der Waals surface area contributed by atoms with Gasteiger partial charge in [0.15, 0.2) is 5.82 Å². The monoisotopic (exact) mass is 202 g/mol. The lowest BCUT2D eigenvalue weighted by atomic mass is 10.3. The zero-order valence-corrected chi connectivity index (χ0v) is 8.03. The first-order valence-corrected chi connectivity index (χ1v) is 4.93. The zero-order valence-electron chi connectivity index (χ0n) is 8.03. The highest BCUT2D eigenvalue weighted by molar-refractivity contribution is 6.00. The SMILES string of the molecule is O=C(Nc1n[nH]c2ccncc12)C1CC1. The number of rotatable bonds is 2. The Bertz CT molecular complexity index is 515. The molecule has 3 rings (SSSR count). The van der Waals surface area contributed by atoms with E-state index in [2.05, 4.69) is 20.5 Å². The minimum absolute atomic E-state index is 0.0623. The maximum Gasteiger partial charge on any atom is 0.228 e. The summed E-state index contributed by atoms with van der Waals surface area (Å²) in [7, 11) is 0. The van der Waals surface area contributed by atoms with E-state index in [-0.39, 0.29) is 11.8 Å². The highest BCUT2D eigenvalue weighted by atomic mass is 16.2. The van der Waals surface area contributed by atoms with Crippen molar-refractivity contribution in [3.05, 3.63) is 18.5 Å². The molecule has 5 heteroatoms. The van der Waals surface area contributed by atoms with Crippen LogP contribution < -0.4 is 5.32 Å². The summed E-state index contributed by atoms with van der Waals surface area (Å²) in [5.74, 6) is 0.829. The van der Waals surface area contributed by atoms with Crippen LogP contribution in [0.1, 0.15) is 12.8 Å². The minimum Gasteiger partial charge on any atom is -0.308 e. The Hall–Kier alpha value is -1.91. The van der Waals surface area contributed by atoms with Gasteiger partial charge < -0.3 is 5.32 Å². The Labute approximate surface area is 85.9 Å². The third-order valence-corrected chi connectivity index (χ3v) is 2.55. The minimum atomic E-state index is 0.0623. The lowest BCUT2D eigenvalue weighted by molar-refractivity contribution is -0.117. The predicted molar refractivity (Wildman–Crippen MR) is 55.2 cm³/mol. The van der Waals surface area contributed by atoms with Crippen molar-refractivity contribution in [3.8, 4) is 0 Å². The molecule has 0 atom stereocenters. The summed E-state index contributed by atoms with van der Waals surface area (Å²) in [6.45, 7) is 0. The van der Waals surface area contributed by atoms with Crippen LogP contribution in [-0.2, 0) is 4.79 Å². The van der Waals surface area contributed by atoms with Gasteiger partial charge in [-0.1, -0.05) is 0 Å². The highest BCUT2D eigenvalue weighted by Gasteiger charge is 2.30. The number of hydrogen-bond donors (Lipinski definition) is 2. The molecule has 2 heterocycles. The van der Waals surface area contributed by atoms with Crippen molar-refractivity contribution >= 4 is 22.6 Å². The number of hydrogen-bond acceptors (Lipinski definition) is 3. The van der Waals surface area contributed by atoms with Crippen LogP contribution >= 0.6 is 0 Å². The number of nitrogens with one attached hydrogen (secondary N) is 2. The molecule has 1 saturated carbocycles. The molecule has 2 N–H and O–H groups in total. The topological polar surface area (TPSA) is 70.7 Å². The van der Waals surface area contributed by atoms with Gasteiger partial charge in [0.25, 0.3) is 0 Å². The van der Waals surface area contributed by atoms with Crippen LogP contribution in [-0.4, -0.2) is 21.1 Å². The molecular weight excluding hydrogens is 192 g/mol. The van der Waals surface area contributed by atoms with E-state index in [0.717, 1.165) is 23.7 Å². The summed E-state index contributed by atoms with van der Waals surface area (Å²) < 4.78 is 0. The van der Waals surface area contributed by atoms with Gasteiger partial charge in [0.2, 0.25) is 5.91 Å². The average Bonchev–Trinajstić information content (AvgIpc) is 3.03. The second kappa shape index (κ2) is 3.05. The Balaban J connectivity index is 1.93. The van der Waals surface area contributed by atoms with Crippen LogP contribution in [0.25, 0.3) is 10.9 Å². The number of nitrogens with zero attached hydrogens (tertiary/aromatic N) is 2. The molecule has 76 valence electrons. The maximum atomic E-state index is 11.5. The van der Waals surface area contributed by atoms with E-state index in [1.807, 2.05) is 6.07 Å². The van der Waals surface area contributed by atoms with Gasteiger partial charge in [0, 0.05) is 18.3 Å². The molecule has 0 spiro atoms. The fourth-order valence-electron chi connectivity index (χ4n) is 1.52. The molecule has 0 radical (unpaired) electrons. The molecule has 15 heavy (non-hydrogen) atoms. The van der Waals surface area contributed by atoms with Crippen molar-refractivity contribution in [3.63, 3.8) is 0 Å². The number of aromatic amines is 1. The van der Waals surface area contributed by atoms with E-state index in [0.29, 0.717) is 5.82 Å². The van der Waals surface area contributed by atoms with E-state index in [9.17, 15) is 4.79 Å². The number of anilines is 1. The summed E-state index contributed by atoms with van der Waals surface area (Å²) in [5, 5.41) is 10.6. The fourth-order valence-corrected chi connectivity index (χ4v) is 1.52. The third-order valence-electron chi connectivity index (χ3n) is 2.55. The van der Waals surface area contributed by atoms with Gasteiger partial charge in [0.05, 0.1) is 10.9 Å². The van der Waals surface area contributed by atoms with E-state index >= 15 is 0 Å². The Kier molecular flexibility index (Phi) is 1.71. The quantitative estimate of drug-likeness (QED) is 0.771. The van der Waals surface area contributed by atoms with Gasteiger partial charge in [-0.05, 0) is 18.9 Å². The van der Waals surface area contributed by atoms with Crippen molar-refractivity contribution in [2.75, 3.05) is 5.32 Å². The second-order valence-corrected chi connectivity index (χ2v) is 3.76. The van der Waals surface area contributed by atoms with Crippen LogP contribution in [0.4, 0.5) is 5.82 Å². The number of fused-ring (bicyclic) bond motifs is 1. The third kappa shape index (κ3) is 1.45. The van der Waals surface area contributed by atoms with Gasteiger partial charge >= 0.3 is 0 Å². The highest BCUT2D eigenvalue weighted by Crippen LogP contribution is 2.30. The molecular formula is C10H10N4O. The van der Waals surface area contributed by atoms with Crippen molar-refractivity contribution in [1.29, 1.82) is 0 Å². The molecule has 0 aromatic carbocycles. The lowest BCUT2D eigenvalue weighted by Gasteiger charge is -1.99. The summed E-state index contributed by atoms with van der Waals surface area (Å²) in [5.41, 5.74) is 0.885. The number of amides is 1. The van der Waals surface area contributed by atoms with E-state index in [1.165, 1.54) is 0 Å². The van der Waals surface area contributed by atoms with E-state index < -0.39 is 0 Å². The maximum absolute atomic E-state index is 11.5. The molecule has 0 aliphatic heterocycles. The van der Waals surface area contributed by atoms with E-state index in [1.54, 1.807) is 12.4 Å². The van der Waals surface area contributed by atoms with Gasteiger partial charge in [-0.25, -0.2) is 0 Å². The number of H-pyrrole nitrogens is 1. The van der Waals surface area contributed by atoms with Crippen molar-refractivity contribution in [2.45, 2.75) is 12.8 Å². The zero-order chi connectivity index (χ0) is 10.3. The predicted octanol–water partition coefficient (Wildman–Crippen LogP) is 1.31. The molecule has 0 bridgehead atoms. The first kappa shape index (κ1) is 8.40. The fraction of sp³-hybridized carbons (Fsp3) is 0.300. The second-order valence-electron chi connectivity index (χ2n) is 3.76. The first-order valence-electron chi connectivity index (χ1n) is 4.93. The summed E-state index contributed by atoms with van der Waals surface area (Å²) in [4.78, 5) is 15.5. The van der Waals surface area contributed by atoms with Crippen LogP contribution in [0, 0.1) is 5.92 Å². The molecule has 0 saturated heterocycles. The molecule has 0 unspecified atom stereocenters. The molecule has 2 aromatic heterocycles. The summed E-state index contributed by atoms with van der Waals surface area (Å²) in [6, 6.07) is 1.83. The molecule has 1 aliphatic carbocycles. The number of carbonyl (C=O) groups excluding carboxylic acids is 1. The summed E-state index contributed by atoms with van der Waals surface area (Å²) in [6.07, 6.45) is 5.37. The van der Waals surface area contributed by atoms with Crippen LogP contribution in [0.5, 0.6) is 0 Å². The van der Waals surface area contributed by atoms with Crippen LogP contribution in [0.2, 0.25) is 0 Å². The van der Waals surface area contributed by atoms with Gasteiger partial charge in [-0.3, -0.25) is 14.9 Å². The van der Waals surface area contributed by atoms with Crippen molar-refractivity contribution in [1.82, 2.24) is 15.2 Å². The first-order chi connectivity index (χ1) is 7.34. The molecule has 1 amide bonds. The molecule has 1 aliphatic rings. The lowest BCUT2D eigenvalue weighted by Crippen LogP contribution is -2.13. The van der Waals surface area contributed by atoms with Crippen LogP contribution in [0.15, 0.2) is 18.5 Å². The van der Waals surface area contributed by atoms with Crippen LogP contribution in [0.3, 0.4) is 0 Å². The summed E-state index contributed by atoms with van der Waals surface area (Å²) >= 11 is 0. The Morgan fingerprint density at radius 3 is 3.20 bits per heavy atom. The van der Waals surface area contributed by atoms with Gasteiger partial charge in [-0.2, -0.15) is 5.10 Å². The number of aromatic nitrogens is 3. The van der Waals surface area contributed by atoms with Crippen molar-refractivity contribution in [2.24, 2.45) is 5.92 Å². The standard InChI is InChI=1S/C10H10N4O/c15-10(6-1-2-6)12-9-7-5-11-4-3-8(7)13-14-9/h3-6H,1-2H2,(H2,12,13,14,15). The van der Waals surface area contributed by atoms with Crippen molar-refractivity contribution < 1.29 is 4.79 Å². The largest absolute Gasteiger partial charge is 0.308 e. The molecule has 5 nitrogen and oxygen atoms in total. The Morgan fingerprint density at radius 2 is 2.40 bits per heavy atom. The molecule has 1 fully saturated rings. The smallest absolute Gasteiger partial charge is 0.228 e. The van der Waals surface area contributed by atoms with Gasteiger partial charge in [0.1, 0.15) is 0 Å². The average molecular weight is 202 g/mol. The normalized spacial score (nSPS) is 15.5. The number of carbonyl (C=O) groups is 1. The Morgan fingerprint density at radius 1 is 1.53 bits per heavy atom. The number of pyridine rings is 1.